The number of nitrogens with zero attached hydrogens (tertiary/aromatic N) is 3. The number of aryl methyl sites for hydroxylation is 1. The van der Waals surface area contributed by atoms with Crippen molar-refractivity contribution < 1.29 is 23.8 Å². The number of allylic oxidation sites excluding steroid dienone is 1. The van der Waals surface area contributed by atoms with Crippen LogP contribution >= 0.6 is 0 Å². The van der Waals surface area contributed by atoms with Crippen molar-refractivity contribution >= 4 is 17.6 Å². The molecule has 0 aliphatic carbocycles. The van der Waals surface area contributed by atoms with Crippen molar-refractivity contribution in [3.05, 3.63) is 65.7 Å². The van der Waals surface area contributed by atoms with Crippen LogP contribution in [0.1, 0.15) is 54.6 Å². The minimum Gasteiger partial charge on any atom is -0.496 e. The number of hydrogen-bond donors (Lipinski definition) is 0. The van der Waals surface area contributed by atoms with Crippen molar-refractivity contribution in [2.45, 2.75) is 39.5 Å². The first-order valence-corrected chi connectivity index (χ1v) is 14.3. The van der Waals surface area contributed by atoms with Gasteiger partial charge in [0.25, 0.3) is 5.91 Å². The fraction of sp³-hybridized carbons (Fsp3) is 0.500. The molecule has 1 aliphatic rings. The minimum absolute atomic E-state index is 0.0270. The fourth-order valence-corrected chi connectivity index (χ4v) is 4.84. The Morgan fingerprint density at radius 1 is 1.02 bits per heavy atom. The smallest absolute Gasteiger partial charge is 0.409 e. The predicted octanol–water partition coefficient (Wildman–Crippen LogP) is 5.37. The van der Waals surface area contributed by atoms with Crippen LogP contribution in [-0.4, -0.2) is 93.3 Å². The highest BCUT2D eigenvalue weighted by Gasteiger charge is 2.21. The third-order valence-electron chi connectivity index (χ3n) is 7.18. The van der Waals surface area contributed by atoms with Gasteiger partial charge in [-0.2, -0.15) is 0 Å². The van der Waals surface area contributed by atoms with E-state index in [1.165, 1.54) is 5.56 Å². The number of carbonyl (C=O) groups is 2. The average Bonchev–Trinajstić information content (AvgIpc) is 2.97. The quantitative estimate of drug-likeness (QED) is 0.315. The molecule has 0 N–H and O–H groups in total. The van der Waals surface area contributed by atoms with Crippen LogP contribution in [-0.2, 0) is 11.2 Å². The number of carbonyl (C=O) groups excluding carboxylic acids is 2. The van der Waals surface area contributed by atoms with Crippen LogP contribution in [0.4, 0.5) is 4.79 Å². The van der Waals surface area contributed by atoms with Crippen LogP contribution < -0.4 is 9.47 Å². The minimum atomic E-state index is -0.243. The Kier molecular flexibility index (Phi) is 12.3. The molecule has 0 atom stereocenters. The summed E-state index contributed by atoms with van der Waals surface area (Å²) in [5.41, 5.74) is 4.01. The highest BCUT2D eigenvalue weighted by Crippen LogP contribution is 2.26. The van der Waals surface area contributed by atoms with E-state index in [1.807, 2.05) is 44.3 Å². The Balaban J connectivity index is 1.42. The number of amides is 2. The highest BCUT2D eigenvalue weighted by atomic mass is 16.6. The average molecular weight is 552 g/mol. The summed E-state index contributed by atoms with van der Waals surface area (Å²) >= 11 is 0. The third kappa shape index (κ3) is 9.01. The molecule has 1 aliphatic heterocycles. The highest BCUT2D eigenvalue weighted by molar-refractivity contribution is 5.94. The van der Waals surface area contributed by atoms with E-state index in [0.29, 0.717) is 44.2 Å². The lowest BCUT2D eigenvalue weighted by Gasteiger charge is -2.33. The van der Waals surface area contributed by atoms with Crippen molar-refractivity contribution in [3.8, 4) is 11.5 Å². The molecule has 3 rings (SSSR count). The number of hydrogen-bond acceptors (Lipinski definition) is 6. The van der Waals surface area contributed by atoms with Crippen molar-refractivity contribution in [2.24, 2.45) is 0 Å². The largest absolute Gasteiger partial charge is 0.496 e. The molecule has 2 aromatic carbocycles. The second-order valence-electron chi connectivity index (χ2n) is 10.1. The van der Waals surface area contributed by atoms with E-state index in [9.17, 15) is 9.59 Å². The maximum atomic E-state index is 13.1. The lowest BCUT2D eigenvalue weighted by molar-refractivity contribution is 0.0754. The van der Waals surface area contributed by atoms with Crippen LogP contribution in [0.5, 0.6) is 11.5 Å². The molecule has 40 heavy (non-hydrogen) atoms. The SMILES string of the molecule is C=C(CCCN(C)C(=O)c1cccc(OCCN2CCN(C(=O)OCC)CC2)c1)c1ccc(OC)c(CCC)c1. The Morgan fingerprint density at radius 2 is 1.80 bits per heavy atom. The summed E-state index contributed by atoms with van der Waals surface area (Å²) in [4.78, 5) is 30.7. The second kappa shape index (κ2) is 15.9. The Hall–Kier alpha value is -3.52. The molecule has 2 aromatic rings. The van der Waals surface area contributed by atoms with Crippen molar-refractivity contribution in [1.82, 2.24) is 14.7 Å². The lowest BCUT2D eigenvalue weighted by Crippen LogP contribution is -2.49. The monoisotopic (exact) mass is 551 g/mol. The zero-order chi connectivity index (χ0) is 28.9. The summed E-state index contributed by atoms with van der Waals surface area (Å²) in [6.45, 7) is 13.5. The van der Waals surface area contributed by atoms with Gasteiger partial charge < -0.3 is 24.0 Å². The van der Waals surface area contributed by atoms with Gasteiger partial charge in [-0.15, -0.1) is 0 Å². The number of rotatable bonds is 14. The second-order valence-corrected chi connectivity index (χ2v) is 10.1. The molecule has 8 heteroatoms. The summed E-state index contributed by atoms with van der Waals surface area (Å²) in [5.74, 6) is 1.57. The topological polar surface area (TPSA) is 71.6 Å². The Labute approximate surface area is 239 Å². The first-order chi connectivity index (χ1) is 19.4. The molecule has 0 unspecified atom stereocenters. The van der Waals surface area contributed by atoms with Gasteiger partial charge in [-0.05, 0) is 73.2 Å². The van der Waals surface area contributed by atoms with Crippen molar-refractivity contribution in [1.29, 1.82) is 0 Å². The molecular weight excluding hydrogens is 506 g/mol. The van der Waals surface area contributed by atoms with Crippen LogP contribution in [0.15, 0.2) is 49.0 Å². The normalized spacial score (nSPS) is 13.6. The van der Waals surface area contributed by atoms with Crippen LogP contribution in [0, 0.1) is 0 Å². The summed E-state index contributed by atoms with van der Waals surface area (Å²) in [6, 6.07) is 13.6. The van der Waals surface area contributed by atoms with Gasteiger partial charge in [0.1, 0.15) is 18.1 Å². The van der Waals surface area contributed by atoms with E-state index < -0.39 is 0 Å². The molecule has 0 aromatic heterocycles. The molecule has 218 valence electrons. The van der Waals surface area contributed by atoms with E-state index in [4.69, 9.17) is 14.2 Å². The zero-order valence-corrected chi connectivity index (χ0v) is 24.6. The van der Waals surface area contributed by atoms with Gasteiger partial charge in [-0.25, -0.2) is 4.79 Å². The lowest BCUT2D eigenvalue weighted by atomic mass is 9.98. The van der Waals surface area contributed by atoms with E-state index in [2.05, 4.69) is 30.5 Å². The number of methoxy groups -OCH3 is 1. The number of benzene rings is 2. The molecule has 0 spiro atoms. The standard InChI is InChI=1S/C32H45N3O5/c1-6-10-27-23-26(14-15-30(27)38-5)25(3)11-9-16-33(4)31(36)28-12-8-13-29(24-28)40-22-21-34-17-19-35(20-18-34)32(37)39-7-2/h8,12-15,23-24H,3,6-7,9-11,16-22H2,1-2,4-5H3. The molecular formula is C32H45N3O5. The molecule has 1 saturated heterocycles. The maximum Gasteiger partial charge on any atom is 0.409 e. The molecule has 0 radical (unpaired) electrons. The summed E-state index contributed by atoms with van der Waals surface area (Å²) in [7, 11) is 3.54. The summed E-state index contributed by atoms with van der Waals surface area (Å²) in [6.07, 6.45) is 3.43. The number of piperazine rings is 1. The van der Waals surface area contributed by atoms with Crippen molar-refractivity contribution in [2.75, 3.05) is 66.6 Å². The molecule has 1 heterocycles. The van der Waals surface area contributed by atoms with Gasteiger partial charge in [-0.3, -0.25) is 9.69 Å². The molecule has 8 nitrogen and oxygen atoms in total. The van der Waals surface area contributed by atoms with E-state index >= 15 is 0 Å². The molecule has 1 fully saturated rings. The van der Waals surface area contributed by atoms with Crippen LogP contribution in [0.25, 0.3) is 5.57 Å². The van der Waals surface area contributed by atoms with E-state index in [0.717, 1.165) is 62.2 Å². The van der Waals surface area contributed by atoms with Gasteiger partial charge in [0.15, 0.2) is 0 Å². The van der Waals surface area contributed by atoms with Gasteiger partial charge >= 0.3 is 6.09 Å². The van der Waals surface area contributed by atoms with Crippen LogP contribution in [0.2, 0.25) is 0 Å². The molecule has 0 bridgehead atoms. The number of ether oxygens (including phenoxy) is 3. The van der Waals surface area contributed by atoms with Crippen molar-refractivity contribution in [3.63, 3.8) is 0 Å². The predicted molar refractivity (Wildman–Crippen MR) is 159 cm³/mol. The van der Waals surface area contributed by atoms with Crippen LogP contribution in [0.3, 0.4) is 0 Å². The Morgan fingerprint density at radius 3 is 2.50 bits per heavy atom. The molecule has 2 amide bonds. The molecule has 0 saturated carbocycles. The van der Waals surface area contributed by atoms with Gasteiger partial charge in [0.05, 0.1) is 13.7 Å². The summed E-state index contributed by atoms with van der Waals surface area (Å²) < 4.78 is 16.5. The first kappa shape index (κ1) is 31.0. The third-order valence-corrected chi connectivity index (χ3v) is 7.18. The Bertz CT molecular complexity index is 1130. The maximum absolute atomic E-state index is 13.1. The zero-order valence-electron chi connectivity index (χ0n) is 24.6. The van der Waals surface area contributed by atoms with E-state index in [1.54, 1.807) is 16.9 Å². The van der Waals surface area contributed by atoms with Gasteiger partial charge in [0, 0.05) is 51.9 Å². The van der Waals surface area contributed by atoms with Gasteiger partial charge in [0.2, 0.25) is 0 Å². The van der Waals surface area contributed by atoms with E-state index in [-0.39, 0.29) is 12.0 Å². The fourth-order valence-electron chi connectivity index (χ4n) is 4.84. The van der Waals surface area contributed by atoms with Gasteiger partial charge in [-0.1, -0.05) is 32.1 Å². The summed E-state index contributed by atoms with van der Waals surface area (Å²) in [5, 5.41) is 0. The first-order valence-electron chi connectivity index (χ1n) is 14.3.